The molecule has 2 heteroatoms. The number of ether oxygens (including phenoxy) is 1. The maximum absolute atomic E-state index is 6.12. The lowest BCUT2D eigenvalue weighted by molar-refractivity contribution is -0.0953. The molecule has 0 bridgehead atoms. The molecule has 0 spiro atoms. The molecule has 0 radical (unpaired) electrons. The van der Waals surface area contributed by atoms with E-state index in [1.165, 1.54) is 32.1 Å². The minimum atomic E-state index is 0.420. The quantitative estimate of drug-likeness (QED) is 0.754. The molecule has 0 aliphatic heterocycles. The Kier molecular flexibility index (Phi) is 3.45. The van der Waals surface area contributed by atoms with Crippen molar-refractivity contribution in [3.63, 3.8) is 0 Å². The number of nitrogens with two attached hydrogens (primary N) is 1. The molecule has 2 rings (SSSR count). The zero-order chi connectivity index (χ0) is 9.97. The van der Waals surface area contributed by atoms with Gasteiger partial charge in [-0.3, -0.25) is 0 Å². The lowest BCUT2D eigenvalue weighted by Gasteiger charge is -2.39. The van der Waals surface area contributed by atoms with Gasteiger partial charge in [-0.15, -0.1) is 0 Å². The molecule has 2 nitrogen and oxygen atoms in total. The highest BCUT2D eigenvalue weighted by molar-refractivity contribution is 4.85. The summed E-state index contributed by atoms with van der Waals surface area (Å²) in [5, 5.41) is 0. The van der Waals surface area contributed by atoms with Crippen molar-refractivity contribution in [3.8, 4) is 0 Å². The van der Waals surface area contributed by atoms with Crippen molar-refractivity contribution in [2.75, 3.05) is 0 Å². The predicted molar refractivity (Wildman–Crippen MR) is 58.1 cm³/mol. The Morgan fingerprint density at radius 2 is 1.93 bits per heavy atom. The minimum Gasteiger partial charge on any atom is -0.375 e. The van der Waals surface area contributed by atoms with Crippen molar-refractivity contribution in [3.05, 3.63) is 0 Å². The summed E-state index contributed by atoms with van der Waals surface area (Å²) in [6, 6.07) is 0.420. The molecule has 0 saturated heterocycles. The van der Waals surface area contributed by atoms with Crippen LogP contribution < -0.4 is 5.73 Å². The van der Waals surface area contributed by atoms with Gasteiger partial charge in [-0.1, -0.05) is 26.2 Å². The van der Waals surface area contributed by atoms with Crippen molar-refractivity contribution >= 4 is 0 Å². The van der Waals surface area contributed by atoms with Crippen LogP contribution in [0.2, 0.25) is 0 Å². The SMILES string of the molecule is CCC1CCCCC1OC1CC(N)C1. The first kappa shape index (κ1) is 10.4. The highest BCUT2D eigenvalue weighted by atomic mass is 16.5. The third kappa shape index (κ3) is 2.29. The van der Waals surface area contributed by atoms with E-state index in [1.807, 2.05) is 0 Å². The van der Waals surface area contributed by atoms with Gasteiger partial charge in [-0.25, -0.2) is 0 Å². The van der Waals surface area contributed by atoms with E-state index < -0.39 is 0 Å². The number of hydrogen-bond acceptors (Lipinski definition) is 2. The monoisotopic (exact) mass is 197 g/mol. The molecule has 2 atom stereocenters. The Hall–Kier alpha value is -0.0800. The largest absolute Gasteiger partial charge is 0.375 e. The lowest BCUT2D eigenvalue weighted by Crippen LogP contribution is -2.45. The van der Waals surface area contributed by atoms with Gasteiger partial charge in [0.1, 0.15) is 0 Å². The maximum Gasteiger partial charge on any atom is 0.0608 e. The van der Waals surface area contributed by atoms with Gasteiger partial charge >= 0.3 is 0 Å². The van der Waals surface area contributed by atoms with Gasteiger partial charge in [0.2, 0.25) is 0 Å². The Morgan fingerprint density at radius 1 is 1.21 bits per heavy atom. The molecule has 2 saturated carbocycles. The molecule has 14 heavy (non-hydrogen) atoms. The molecule has 0 amide bonds. The van der Waals surface area contributed by atoms with Gasteiger partial charge in [0.25, 0.3) is 0 Å². The van der Waals surface area contributed by atoms with E-state index in [2.05, 4.69) is 6.92 Å². The van der Waals surface area contributed by atoms with Crippen molar-refractivity contribution in [1.82, 2.24) is 0 Å². The van der Waals surface area contributed by atoms with Crippen molar-refractivity contribution < 1.29 is 4.74 Å². The Morgan fingerprint density at radius 3 is 2.57 bits per heavy atom. The molecule has 82 valence electrons. The number of hydrogen-bond donors (Lipinski definition) is 1. The highest BCUT2D eigenvalue weighted by Gasteiger charge is 2.32. The summed E-state index contributed by atoms with van der Waals surface area (Å²) in [6.45, 7) is 2.29. The average Bonchev–Trinajstić information content (AvgIpc) is 2.16. The van der Waals surface area contributed by atoms with E-state index in [4.69, 9.17) is 10.5 Å². The second-order valence-corrected chi connectivity index (χ2v) is 4.98. The third-order valence-electron chi connectivity index (χ3n) is 3.86. The van der Waals surface area contributed by atoms with Crippen LogP contribution in [0, 0.1) is 5.92 Å². The summed E-state index contributed by atoms with van der Waals surface area (Å²) >= 11 is 0. The zero-order valence-corrected chi connectivity index (χ0v) is 9.24. The molecule has 2 aliphatic rings. The zero-order valence-electron chi connectivity index (χ0n) is 9.24. The highest BCUT2D eigenvalue weighted by Crippen LogP contribution is 2.33. The van der Waals surface area contributed by atoms with Gasteiger partial charge in [-0.05, 0) is 31.6 Å². The van der Waals surface area contributed by atoms with Gasteiger partial charge in [0.05, 0.1) is 12.2 Å². The Balaban J connectivity index is 1.77. The van der Waals surface area contributed by atoms with E-state index >= 15 is 0 Å². The summed E-state index contributed by atoms with van der Waals surface area (Å²) in [5.74, 6) is 0.820. The van der Waals surface area contributed by atoms with E-state index in [0.29, 0.717) is 18.2 Å². The molecule has 2 aliphatic carbocycles. The second-order valence-electron chi connectivity index (χ2n) is 4.98. The first-order valence-corrected chi connectivity index (χ1v) is 6.20. The van der Waals surface area contributed by atoms with Crippen LogP contribution in [0.25, 0.3) is 0 Å². The average molecular weight is 197 g/mol. The summed E-state index contributed by atoms with van der Waals surface area (Å²) in [4.78, 5) is 0. The van der Waals surface area contributed by atoms with Crippen LogP contribution in [0.15, 0.2) is 0 Å². The van der Waals surface area contributed by atoms with E-state index in [9.17, 15) is 0 Å². The fraction of sp³-hybridized carbons (Fsp3) is 1.00. The molecule has 2 fully saturated rings. The summed E-state index contributed by atoms with van der Waals surface area (Å²) < 4.78 is 6.12. The first-order chi connectivity index (χ1) is 6.79. The van der Waals surface area contributed by atoms with E-state index in [1.54, 1.807) is 0 Å². The van der Waals surface area contributed by atoms with Gasteiger partial charge in [0, 0.05) is 6.04 Å². The van der Waals surface area contributed by atoms with Gasteiger partial charge < -0.3 is 10.5 Å². The van der Waals surface area contributed by atoms with Gasteiger partial charge in [0.15, 0.2) is 0 Å². The molecular weight excluding hydrogens is 174 g/mol. The second kappa shape index (κ2) is 4.63. The molecule has 2 N–H and O–H groups in total. The van der Waals surface area contributed by atoms with Crippen molar-refractivity contribution in [2.45, 2.75) is 70.1 Å². The molecule has 0 heterocycles. The van der Waals surface area contributed by atoms with Crippen LogP contribution in [0.5, 0.6) is 0 Å². The fourth-order valence-electron chi connectivity index (χ4n) is 2.78. The van der Waals surface area contributed by atoms with Crippen LogP contribution in [0.3, 0.4) is 0 Å². The normalized spacial score (nSPS) is 43.3. The Bertz CT molecular complexity index is 177. The van der Waals surface area contributed by atoms with Crippen molar-refractivity contribution in [1.29, 1.82) is 0 Å². The smallest absolute Gasteiger partial charge is 0.0608 e. The molecule has 0 aromatic rings. The summed E-state index contributed by atoms with van der Waals surface area (Å²) in [6.07, 6.45) is 9.92. The topological polar surface area (TPSA) is 35.2 Å². The van der Waals surface area contributed by atoms with Crippen LogP contribution >= 0.6 is 0 Å². The number of rotatable bonds is 3. The van der Waals surface area contributed by atoms with Crippen molar-refractivity contribution in [2.24, 2.45) is 11.7 Å². The standard InChI is InChI=1S/C12H23NO/c1-2-9-5-3-4-6-12(9)14-11-7-10(13)8-11/h9-12H,2-8,13H2,1H3. The van der Waals surface area contributed by atoms with Crippen LogP contribution in [0.1, 0.15) is 51.9 Å². The van der Waals surface area contributed by atoms with Crippen LogP contribution in [-0.2, 0) is 4.74 Å². The maximum atomic E-state index is 6.12. The van der Waals surface area contributed by atoms with Crippen LogP contribution in [0.4, 0.5) is 0 Å². The molecular formula is C12H23NO. The fourth-order valence-corrected chi connectivity index (χ4v) is 2.78. The molecule has 2 unspecified atom stereocenters. The predicted octanol–water partition coefficient (Wildman–Crippen LogP) is 2.46. The molecule has 0 aromatic carbocycles. The van der Waals surface area contributed by atoms with Gasteiger partial charge in [-0.2, -0.15) is 0 Å². The lowest BCUT2D eigenvalue weighted by atomic mass is 9.83. The summed E-state index contributed by atoms with van der Waals surface area (Å²) in [5.41, 5.74) is 5.76. The minimum absolute atomic E-state index is 0.420. The summed E-state index contributed by atoms with van der Waals surface area (Å²) in [7, 11) is 0. The third-order valence-corrected chi connectivity index (χ3v) is 3.86. The van der Waals surface area contributed by atoms with E-state index in [0.717, 1.165) is 18.8 Å². The van der Waals surface area contributed by atoms with Crippen LogP contribution in [-0.4, -0.2) is 18.2 Å². The molecule has 0 aromatic heterocycles. The Labute approximate surface area is 87.2 Å². The first-order valence-electron chi connectivity index (χ1n) is 6.20. The van der Waals surface area contributed by atoms with E-state index in [-0.39, 0.29) is 0 Å².